The number of ether oxygens (including phenoxy) is 1. The van der Waals surface area contributed by atoms with Gasteiger partial charge in [-0.3, -0.25) is 4.79 Å². The first-order chi connectivity index (χ1) is 15.0. The summed E-state index contributed by atoms with van der Waals surface area (Å²) in [6.07, 6.45) is 3.29. The number of aryl methyl sites for hydroxylation is 1. The van der Waals surface area contributed by atoms with Crippen molar-refractivity contribution < 1.29 is 18.3 Å². The first-order valence-electron chi connectivity index (χ1n) is 9.51. The molecule has 0 aliphatic carbocycles. The van der Waals surface area contributed by atoms with E-state index in [4.69, 9.17) is 11.6 Å². The third kappa shape index (κ3) is 6.63. The molecule has 0 saturated carbocycles. The molecule has 2 aromatic carbocycles. The van der Waals surface area contributed by atoms with Gasteiger partial charge in [0.25, 0.3) is 0 Å². The average molecular weight is 468 g/mol. The number of hydrogen-bond donors (Lipinski definition) is 1. The van der Waals surface area contributed by atoms with Crippen LogP contribution in [0.5, 0.6) is 5.75 Å². The van der Waals surface area contributed by atoms with Gasteiger partial charge < -0.3 is 10.1 Å². The molecule has 11 heteroatoms. The van der Waals surface area contributed by atoms with Crippen LogP contribution < -0.4 is 10.1 Å². The quantitative estimate of drug-likeness (QED) is 0.423. The smallest absolute Gasteiger partial charge is 0.387 e. The van der Waals surface area contributed by atoms with E-state index in [0.29, 0.717) is 10.8 Å². The summed E-state index contributed by atoms with van der Waals surface area (Å²) >= 11 is 7.07. The van der Waals surface area contributed by atoms with E-state index in [0.717, 1.165) is 24.9 Å². The van der Waals surface area contributed by atoms with E-state index in [-0.39, 0.29) is 22.4 Å². The molecule has 1 amide bonds. The number of anilines is 1. The summed E-state index contributed by atoms with van der Waals surface area (Å²) in [4.78, 5) is 12.3. The molecule has 164 valence electrons. The molecule has 0 aliphatic rings. The van der Waals surface area contributed by atoms with Crippen LogP contribution >= 0.6 is 23.4 Å². The number of carbonyl (C=O) groups excluding carboxylic acids is 1. The molecule has 0 atom stereocenters. The number of thioether (sulfide) groups is 1. The molecule has 0 bridgehead atoms. The lowest BCUT2D eigenvalue weighted by molar-refractivity contribution is -0.113. The van der Waals surface area contributed by atoms with Gasteiger partial charge >= 0.3 is 6.61 Å². The van der Waals surface area contributed by atoms with Crippen molar-refractivity contribution in [3.8, 4) is 11.4 Å². The minimum Gasteiger partial charge on any atom is -0.433 e. The predicted octanol–water partition coefficient (Wildman–Crippen LogP) is 4.99. The van der Waals surface area contributed by atoms with Crippen molar-refractivity contribution in [2.24, 2.45) is 0 Å². The van der Waals surface area contributed by atoms with Crippen LogP contribution in [0.2, 0.25) is 5.02 Å². The van der Waals surface area contributed by atoms with Gasteiger partial charge in [0.1, 0.15) is 5.75 Å². The minimum atomic E-state index is -2.98. The Morgan fingerprint density at radius 2 is 2.03 bits per heavy atom. The highest BCUT2D eigenvalue weighted by atomic mass is 35.5. The van der Waals surface area contributed by atoms with Crippen molar-refractivity contribution in [2.45, 2.75) is 38.0 Å². The lowest BCUT2D eigenvalue weighted by Gasteiger charge is -2.09. The molecule has 1 aromatic heterocycles. The largest absolute Gasteiger partial charge is 0.433 e. The van der Waals surface area contributed by atoms with Gasteiger partial charge in [0.05, 0.1) is 16.5 Å². The highest BCUT2D eigenvalue weighted by Gasteiger charge is 2.13. The highest BCUT2D eigenvalue weighted by molar-refractivity contribution is 7.99. The van der Waals surface area contributed by atoms with Crippen LogP contribution in [0.4, 0.5) is 14.5 Å². The molecule has 0 radical (unpaired) electrons. The van der Waals surface area contributed by atoms with Crippen molar-refractivity contribution in [1.29, 1.82) is 0 Å². The Morgan fingerprint density at radius 1 is 1.26 bits per heavy atom. The Morgan fingerprint density at radius 3 is 2.71 bits per heavy atom. The molecule has 7 nitrogen and oxygen atoms in total. The number of nitrogens with zero attached hydrogens (tertiary/aromatic N) is 4. The van der Waals surface area contributed by atoms with Crippen molar-refractivity contribution >= 4 is 35.0 Å². The first-order valence-corrected chi connectivity index (χ1v) is 10.9. The third-order valence-electron chi connectivity index (χ3n) is 4.20. The fourth-order valence-electron chi connectivity index (χ4n) is 2.71. The van der Waals surface area contributed by atoms with Crippen LogP contribution in [0.25, 0.3) is 5.69 Å². The van der Waals surface area contributed by atoms with Gasteiger partial charge in [-0.2, -0.15) is 13.5 Å². The van der Waals surface area contributed by atoms with Gasteiger partial charge in [0.2, 0.25) is 11.1 Å². The van der Waals surface area contributed by atoms with Crippen LogP contribution in [-0.2, 0) is 11.2 Å². The number of carbonyl (C=O) groups is 1. The summed E-state index contributed by atoms with van der Waals surface area (Å²) in [5.74, 6) is -0.445. The van der Waals surface area contributed by atoms with Gasteiger partial charge in [-0.15, -0.1) is 5.10 Å². The molecule has 0 saturated heterocycles. The number of benzene rings is 2. The maximum atomic E-state index is 12.3. The molecule has 1 heterocycles. The topological polar surface area (TPSA) is 81.9 Å². The zero-order valence-electron chi connectivity index (χ0n) is 16.6. The molecule has 3 aromatic rings. The average Bonchev–Trinajstić information content (AvgIpc) is 3.21. The van der Waals surface area contributed by atoms with Crippen LogP contribution in [0.3, 0.4) is 0 Å². The Labute approximate surface area is 187 Å². The Kier molecular flexibility index (Phi) is 8.19. The summed E-state index contributed by atoms with van der Waals surface area (Å²) < 4.78 is 30.4. The molecule has 1 N–H and O–H groups in total. The fraction of sp³-hybridized carbons (Fsp3) is 0.300. The number of hydrogen-bond acceptors (Lipinski definition) is 6. The van der Waals surface area contributed by atoms with E-state index < -0.39 is 6.61 Å². The number of nitrogens with one attached hydrogen (secondary N) is 1. The lowest BCUT2D eigenvalue weighted by atomic mass is 10.1. The molecular formula is C20H20ClF2N5O2S. The van der Waals surface area contributed by atoms with Crippen molar-refractivity contribution in [2.75, 3.05) is 11.1 Å². The van der Waals surface area contributed by atoms with Gasteiger partial charge in [-0.25, -0.2) is 0 Å². The van der Waals surface area contributed by atoms with Crippen LogP contribution in [0.1, 0.15) is 25.3 Å². The Bertz CT molecular complexity index is 1020. The monoisotopic (exact) mass is 467 g/mol. The summed E-state index contributed by atoms with van der Waals surface area (Å²) in [7, 11) is 0. The minimum absolute atomic E-state index is 0.0305. The summed E-state index contributed by atoms with van der Waals surface area (Å²) in [5.41, 5.74) is 2.41. The summed E-state index contributed by atoms with van der Waals surface area (Å²) in [6, 6.07) is 12.0. The van der Waals surface area contributed by atoms with E-state index in [2.05, 4.69) is 32.5 Å². The zero-order valence-corrected chi connectivity index (χ0v) is 18.2. The van der Waals surface area contributed by atoms with E-state index in [1.807, 2.05) is 24.3 Å². The van der Waals surface area contributed by atoms with E-state index in [1.165, 1.54) is 35.5 Å². The number of tetrazole rings is 1. The second-order valence-corrected chi connectivity index (χ2v) is 7.85. The van der Waals surface area contributed by atoms with Crippen molar-refractivity contribution in [3.63, 3.8) is 0 Å². The van der Waals surface area contributed by atoms with Crippen molar-refractivity contribution in [3.05, 3.63) is 53.1 Å². The Balaban J connectivity index is 1.58. The number of alkyl halides is 2. The van der Waals surface area contributed by atoms with Crippen LogP contribution in [0, 0.1) is 0 Å². The van der Waals surface area contributed by atoms with Crippen molar-refractivity contribution in [1.82, 2.24) is 20.2 Å². The third-order valence-corrected chi connectivity index (χ3v) is 5.42. The molecule has 0 fully saturated rings. The zero-order chi connectivity index (χ0) is 22.2. The summed E-state index contributed by atoms with van der Waals surface area (Å²) in [5, 5.41) is 14.7. The molecule has 0 spiro atoms. The summed E-state index contributed by atoms with van der Waals surface area (Å²) in [6.45, 7) is -0.825. The van der Waals surface area contributed by atoms with Crippen LogP contribution in [-0.4, -0.2) is 38.5 Å². The standard InChI is InChI=1S/C20H20ClF2N5O2S/c1-2-3-4-13-5-8-15(9-6-13)28-20(25-26-27-28)31-12-18(29)24-14-7-10-17(16(21)11-14)30-19(22)23/h5-11,19H,2-4,12H2,1H3,(H,24,29). The molecule has 3 rings (SSSR count). The number of amides is 1. The predicted molar refractivity (Wildman–Crippen MR) is 115 cm³/mol. The van der Waals surface area contributed by atoms with Gasteiger partial charge in [0.15, 0.2) is 0 Å². The first kappa shape index (κ1) is 23.0. The van der Waals surface area contributed by atoms with Gasteiger partial charge in [0, 0.05) is 5.69 Å². The highest BCUT2D eigenvalue weighted by Crippen LogP contribution is 2.29. The number of halogens is 3. The number of aromatic nitrogens is 4. The maximum absolute atomic E-state index is 12.3. The van der Waals surface area contributed by atoms with Crippen LogP contribution in [0.15, 0.2) is 47.6 Å². The normalized spacial score (nSPS) is 11.0. The van der Waals surface area contributed by atoms with E-state index in [9.17, 15) is 13.6 Å². The molecule has 31 heavy (non-hydrogen) atoms. The Hall–Kier alpha value is -2.72. The van der Waals surface area contributed by atoms with E-state index >= 15 is 0 Å². The molecule has 0 unspecified atom stereocenters. The molecular weight excluding hydrogens is 448 g/mol. The molecule has 0 aliphatic heterocycles. The number of rotatable bonds is 10. The van der Waals surface area contributed by atoms with E-state index in [1.54, 1.807) is 4.68 Å². The second kappa shape index (κ2) is 11.1. The second-order valence-electron chi connectivity index (χ2n) is 6.50. The van der Waals surface area contributed by atoms with Gasteiger partial charge in [-0.1, -0.05) is 48.8 Å². The number of unbranched alkanes of at least 4 members (excludes halogenated alkanes) is 1. The maximum Gasteiger partial charge on any atom is 0.387 e. The fourth-order valence-corrected chi connectivity index (χ4v) is 3.63. The van der Waals surface area contributed by atoms with Gasteiger partial charge in [-0.05, 0) is 59.2 Å². The lowest BCUT2D eigenvalue weighted by Crippen LogP contribution is -2.14. The SMILES string of the molecule is CCCCc1ccc(-n2nnnc2SCC(=O)Nc2ccc(OC(F)F)c(Cl)c2)cc1.